The van der Waals surface area contributed by atoms with Crippen LogP contribution in [0.4, 0.5) is 0 Å². The van der Waals surface area contributed by atoms with E-state index in [-0.39, 0.29) is 6.42 Å². The van der Waals surface area contributed by atoms with Crippen molar-refractivity contribution in [2.45, 2.75) is 16.5 Å². The van der Waals surface area contributed by atoms with Crippen LogP contribution < -0.4 is 9.47 Å². The van der Waals surface area contributed by atoms with E-state index in [0.29, 0.717) is 11.5 Å². The second kappa shape index (κ2) is 8.46. The number of methoxy groups -OCH3 is 2. The van der Waals surface area contributed by atoms with Crippen molar-refractivity contribution >= 4 is 23.4 Å². The second-order valence-electron chi connectivity index (χ2n) is 6.47. The topological polar surface area (TPSA) is 86.0 Å². The number of hydrogen-bond acceptors (Lipinski definition) is 6. The van der Waals surface area contributed by atoms with E-state index < -0.39 is 5.97 Å². The number of imidazole rings is 1. The summed E-state index contributed by atoms with van der Waals surface area (Å²) in [5.41, 5.74) is 3.18. The van der Waals surface area contributed by atoms with Crippen LogP contribution in [0.15, 0.2) is 71.0 Å². The van der Waals surface area contributed by atoms with Crippen molar-refractivity contribution in [3.8, 4) is 22.8 Å². The Morgan fingerprint density at radius 1 is 1.07 bits per heavy atom. The smallest absolute Gasteiger partial charge is 0.307 e. The minimum Gasteiger partial charge on any atom is -0.493 e. The molecule has 0 unspecified atom stereocenters. The summed E-state index contributed by atoms with van der Waals surface area (Å²) in [6.45, 7) is 0. The molecule has 0 amide bonds. The zero-order valence-corrected chi connectivity index (χ0v) is 17.2. The second-order valence-corrected chi connectivity index (χ2v) is 7.51. The third-order valence-corrected chi connectivity index (χ3v) is 5.50. The Kier molecular flexibility index (Phi) is 5.58. The summed E-state index contributed by atoms with van der Waals surface area (Å²) in [5.74, 6) is 0.433. The first-order chi connectivity index (χ1) is 14.6. The number of benzene rings is 2. The molecule has 0 atom stereocenters. The molecule has 0 spiro atoms. The lowest BCUT2D eigenvalue weighted by molar-refractivity contribution is -0.136. The Balaban J connectivity index is 1.71. The molecule has 4 rings (SSSR count). The Hall–Kier alpha value is -3.52. The van der Waals surface area contributed by atoms with Gasteiger partial charge in [-0.2, -0.15) is 0 Å². The summed E-state index contributed by atoms with van der Waals surface area (Å²) < 4.78 is 12.7. The van der Waals surface area contributed by atoms with Crippen molar-refractivity contribution < 1.29 is 19.4 Å². The molecule has 4 aromatic rings. The van der Waals surface area contributed by atoms with E-state index in [1.807, 2.05) is 59.1 Å². The van der Waals surface area contributed by atoms with Crippen LogP contribution in [0.25, 0.3) is 16.9 Å². The maximum atomic E-state index is 10.9. The highest BCUT2D eigenvalue weighted by atomic mass is 32.2. The van der Waals surface area contributed by atoms with Crippen LogP contribution in [0.1, 0.15) is 5.56 Å². The number of rotatable bonds is 7. The molecule has 30 heavy (non-hydrogen) atoms. The number of ether oxygens (including phenoxy) is 2. The van der Waals surface area contributed by atoms with Gasteiger partial charge in [-0.25, -0.2) is 9.97 Å². The molecule has 0 saturated heterocycles. The van der Waals surface area contributed by atoms with Gasteiger partial charge in [0, 0.05) is 28.9 Å². The predicted octanol–water partition coefficient (Wildman–Crippen LogP) is 4.19. The summed E-state index contributed by atoms with van der Waals surface area (Å²) in [5, 5.41) is 9.68. The summed E-state index contributed by atoms with van der Waals surface area (Å²) in [7, 11) is 3.20. The largest absolute Gasteiger partial charge is 0.493 e. The van der Waals surface area contributed by atoms with Crippen molar-refractivity contribution in [3.63, 3.8) is 0 Å². The monoisotopic (exact) mass is 421 g/mol. The minimum atomic E-state index is -0.847. The van der Waals surface area contributed by atoms with Gasteiger partial charge in [-0.05, 0) is 35.9 Å². The van der Waals surface area contributed by atoms with Crippen molar-refractivity contribution in [1.82, 2.24) is 14.4 Å². The average molecular weight is 421 g/mol. The molecule has 0 aliphatic rings. The number of carboxylic acids is 1. The van der Waals surface area contributed by atoms with Crippen molar-refractivity contribution in [1.29, 1.82) is 0 Å². The molecule has 0 aliphatic carbocycles. The van der Waals surface area contributed by atoms with Crippen LogP contribution in [0.5, 0.6) is 11.5 Å². The first kappa shape index (κ1) is 19.8. The molecular formula is C22H19N3O4S. The summed E-state index contributed by atoms with van der Waals surface area (Å²) >= 11 is 1.48. The predicted molar refractivity (Wildman–Crippen MR) is 113 cm³/mol. The van der Waals surface area contributed by atoms with Gasteiger partial charge in [0.1, 0.15) is 5.65 Å². The van der Waals surface area contributed by atoms with Gasteiger partial charge >= 0.3 is 5.97 Å². The quantitative estimate of drug-likeness (QED) is 0.448. The Labute approximate surface area is 177 Å². The molecule has 0 bridgehead atoms. The highest BCUT2D eigenvalue weighted by Gasteiger charge is 2.13. The molecule has 0 aliphatic heterocycles. The number of fused-ring (bicyclic) bond motifs is 1. The Morgan fingerprint density at radius 3 is 2.53 bits per heavy atom. The number of nitrogens with zero attached hydrogens (tertiary/aromatic N) is 3. The zero-order chi connectivity index (χ0) is 21.1. The Bertz CT molecular complexity index is 1200. The van der Waals surface area contributed by atoms with Gasteiger partial charge in [-0.3, -0.25) is 9.20 Å². The molecule has 8 heteroatoms. The van der Waals surface area contributed by atoms with Gasteiger partial charge in [0.25, 0.3) is 0 Å². The van der Waals surface area contributed by atoms with Crippen LogP contribution in [0.3, 0.4) is 0 Å². The maximum Gasteiger partial charge on any atom is 0.307 e. The fraction of sp³-hybridized carbons (Fsp3) is 0.136. The molecule has 7 nitrogen and oxygen atoms in total. The van der Waals surface area contributed by atoms with Crippen LogP contribution >= 0.6 is 11.8 Å². The van der Waals surface area contributed by atoms with Gasteiger partial charge in [0.15, 0.2) is 16.7 Å². The maximum absolute atomic E-state index is 10.9. The van der Waals surface area contributed by atoms with E-state index in [4.69, 9.17) is 19.6 Å². The average Bonchev–Trinajstić information content (AvgIpc) is 3.23. The van der Waals surface area contributed by atoms with Crippen molar-refractivity contribution in [3.05, 3.63) is 66.5 Å². The lowest BCUT2D eigenvalue weighted by atomic mass is 10.1. The Morgan fingerprint density at radius 2 is 1.83 bits per heavy atom. The third kappa shape index (κ3) is 4.08. The van der Waals surface area contributed by atoms with E-state index in [1.165, 1.54) is 11.8 Å². The van der Waals surface area contributed by atoms with Gasteiger partial charge < -0.3 is 14.6 Å². The zero-order valence-electron chi connectivity index (χ0n) is 16.4. The molecule has 0 fully saturated rings. The highest BCUT2D eigenvalue weighted by molar-refractivity contribution is 7.99. The van der Waals surface area contributed by atoms with E-state index in [0.717, 1.165) is 32.5 Å². The van der Waals surface area contributed by atoms with Crippen LogP contribution in [0.2, 0.25) is 0 Å². The lowest BCUT2D eigenvalue weighted by Gasteiger charge is -2.11. The molecule has 0 saturated carbocycles. The van der Waals surface area contributed by atoms with Crippen LogP contribution in [-0.2, 0) is 11.2 Å². The number of hydrogen-bond donors (Lipinski definition) is 1. The van der Waals surface area contributed by atoms with E-state index in [1.54, 1.807) is 20.4 Å². The highest BCUT2D eigenvalue weighted by Crippen LogP contribution is 2.34. The van der Waals surface area contributed by atoms with Crippen LogP contribution in [0, 0.1) is 0 Å². The lowest BCUT2D eigenvalue weighted by Crippen LogP contribution is -1.99. The summed E-state index contributed by atoms with van der Waals surface area (Å²) in [4.78, 5) is 21.1. The molecule has 0 radical (unpaired) electrons. The fourth-order valence-corrected chi connectivity index (χ4v) is 3.95. The number of carboxylic acid groups (broad SMARTS) is 1. The first-order valence-electron chi connectivity index (χ1n) is 9.12. The molecule has 1 N–H and O–H groups in total. The van der Waals surface area contributed by atoms with E-state index >= 15 is 0 Å². The van der Waals surface area contributed by atoms with Crippen LogP contribution in [-0.4, -0.2) is 39.7 Å². The fourth-order valence-electron chi connectivity index (χ4n) is 3.07. The molecule has 2 aromatic carbocycles. The molecular weight excluding hydrogens is 402 g/mol. The van der Waals surface area contributed by atoms with Gasteiger partial charge in [-0.15, -0.1) is 0 Å². The van der Waals surface area contributed by atoms with Gasteiger partial charge in [-0.1, -0.05) is 23.9 Å². The van der Waals surface area contributed by atoms with Crippen molar-refractivity contribution in [2.24, 2.45) is 0 Å². The minimum absolute atomic E-state index is 0.00372. The third-order valence-electron chi connectivity index (χ3n) is 4.52. The normalized spacial score (nSPS) is 10.9. The van der Waals surface area contributed by atoms with Crippen molar-refractivity contribution in [2.75, 3.05) is 14.2 Å². The van der Waals surface area contributed by atoms with Gasteiger partial charge in [0.2, 0.25) is 0 Å². The first-order valence-corrected chi connectivity index (χ1v) is 9.94. The standard InChI is InChI=1S/C22H19N3O4S/c1-28-18-8-5-15(12-19(18)29-2)17-13-20-23-9-10-25(20)22(24-17)30-16-6-3-14(4-7-16)11-21(26)27/h3-10,12-13H,11H2,1-2H3,(H,26,27). The molecule has 152 valence electrons. The molecule has 2 heterocycles. The number of aromatic nitrogens is 3. The van der Waals surface area contributed by atoms with E-state index in [2.05, 4.69) is 4.98 Å². The summed E-state index contributed by atoms with van der Waals surface area (Å²) in [6, 6.07) is 15.0. The van der Waals surface area contributed by atoms with E-state index in [9.17, 15) is 4.79 Å². The SMILES string of the molecule is COc1ccc(-c2cc3nccn3c(Sc3ccc(CC(=O)O)cc3)n2)cc1OC. The molecule has 2 aromatic heterocycles. The number of aliphatic carboxylic acids is 1. The van der Waals surface area contributed by atoms with Gasteiger partial charge in [0.05, 0.1) is 26.3 Å². The summed E-state index contributed by atoms with van der Waals surface area (Å²) in [6.07, 6.45) is 3.60. The number of carbonyl (C=O) groups is 1.